The lowest BCUT2D eigenvalue weighted by Gasteiger charge is -2.14. The summed E-state index contributed by atoms with van der Waals surface area (Å²) in [5.74, 6) is 0.550. The zero-order valence-corrected chi connectivity index (χ0v) is 9.10. The molecule has 0 radical (unpaired) electrons. The molecule has 1 unspecified atom stereocenters. The number of hydrogen-bond donors (Lipinski definition) is 2. The average molecular weight is 220 g/mol. The highest BCUT2D eigenvalue weighted by atomic mass is 16.4. The van der Waals surface area contributed by atoms with Gasteiger partial charge in [-0.05, 0) is 24.3 Å². The maximum atomic E-state index is 10.5. The zero-order chi connectivity index (χ0) is 11.4. The molecule has 86 valence electrons. The van der Waals surface area contributed by atoms with Gasteiger partial charge in [0.2, 0.25) is 0 Å². The van der Waals surface area contributed by atoms with E-state index < -0.39 is 6.09 Å². The molecule has 0 bridgehead atoms. The molecule has 0 aromatic heterocycles. The minimum atomic E-state index is -0.972. The van der Waals surface area contributed by atoms with Crippen LogP contribution in [0, 0.1) is 5.92 Å². The second-order valence-electron chi connectivity index (χ2n) is 4.21. The molecule has 1 aromatic rings. The largest absolute Gasteiger partial charge is 0.464 e. The molecule has 4 heteroatoms. The first-order valence-corrected chi connectivity index (χ1v) is 5.52. The second-order valence-corrected chi connectivity index (χ2v) is 4.21. The van der Waals surface area contributed by atoms with Crippen molar-refractivity contribution in [1.82, 2.24) is 10.4 Å². The van der Waals surface area contributed by atoms with Gasteiger partial charge in [0.15, 0.2) is 0 Å². The van der Waals surface area contributed by atoms with Crippen LogP contribution in [0.1, 0.15) is 12.0 Å². The molecule has 2 rings (SSSR count). The van der Waals surface area contributed by atoms with Gasteiger partial charge in [-0.2, -0.15) is 0 Å². The first-order valence-electron chi connectivity index (χ1n) is 5.52. The van der Waals surface area contributed by atoms with E-state index in [9.17, 15) is 4.79 Å². The van der Waals surface area contributed by atoms with Crippen LogP contribution in [0.3, 0.4) is 0 Å². The number of hydrogen-bond acceptors (Lipinski definition) is 2. The molecule has 1 aliphatic heterocycles. The summed E-state index contributed by atoms with van der Waals surface area (Å²) in [5.41, 5.74) is 3.73. The predicted octanol–water partition coefficient (Wildman–Crippen LogP) is 1.73. The van der Waals surface area contributed by atoms with Crippen molar-refractivity contribution in [2.24, 2.45) is 5.92 Å². The highest BCUT2D eigenvalue weighted by molar-refractivity contribution is 5.63. The number of hydrazine groups is 1. The maximum Gasteiger partial charge on any atom is 0.419 e. The molecule has 1 amide bonds. The Morgan fingerprint density at radius 3 is 2.88 bits per heavy atom. The van der Waals surface area contributed by atoms with Crippen LogP contribution >= 0.6 is 0 Å². The van der Waals surface area contributed by atoms with E-state index in [0.29, 0.717) is 5.92 Å². The van der Waals surface area contributed by atoms with Gasteiger partial charge in [0.1, 0.15) is 0 Å². The smallest absolute Gasteiger partial charge is 0.419 e. The lowest BCUT2D eigenvalue weighted by Crippen LogP contribution is -2.39. The van der Waals surface area contributed by atoms with E-state index in [1.54, 1.807) is 5.01 Å². The molecular weight excluding hydrogens is 204 g/mol. The van der Waals surface area contributed by atoms with Crippen LogP contribution in [-0.4, -0.2) is 29.3 Å². The number of rotatable bonds is 3. The fourth-order valence-electron chi connectivity index (χ4n) is 2.18. The van der Waals surface area contributed by atoms with Crippen molar-refractivity contribution in [1.29, 1.82) is 0 Å². The molecule has 0 aliphatic carbocycles. The third-order valence-electron chi connectivity index (χ3n) is 2.91. The van der Waals surface area contributed by atoms with E-state index in [0.717, 1.165) is 25.9 Å². The highest BCUT2D eigenvalue weighted by Crippen LogP contribution is 2.19. The molecule has 1 aromatic carbocycles. The predicted molar refractivity (Wildman–Crippen MR) is 61.0 cm³/mol. The Bertz CT molecular complexity index is 353. The van der Waals surface area contributed by atoms with Gasteiger partial charge in [-0.15, -0.1) is 0 Å². The van der Waals surface area contributed by atoms with E-state index in [4.69, 9.17) is 5.11 Å². The number of benzene rings is 1. The van der Waals surface area contributed by atoms with Gasteiger partial charge < -0.3 is 5.11 Å². The van der Waals surface area contributed by atoms with Gasteiger partial charge in [-0.1, -0.05) is 30.3 Å². The summed E-state index contributed by atoms with van der Waals surface area (Å²) in [6.45, 7) is 1.62. The Labute approximate surface area is 94.9 Å². The van der Waals surface area contributed by atoms with E-state index >= 15 is 0 Å². The third-order valence-corrected chi connectivity index (χ3v) is 2.91. The molecule has 0 saturated carbocycles. The lowest BCUT2D eigenvalue weighted by atomic mass is 9.99. The maximum absolute atomic E-state index is 10.5. The summed E-state index contributed by atoms with van der Waals surface area (Å²) >= 11 is 0. The molecule has 16 heavy (non-hydrogen) atoms. The molecule has 0 spiro atoms. The highest BCUT2D eigenvalue weighted by Gasteiger charge is 2.23. The van der Waals surface area contributed by atoms with Gasteiger partial charge in [0, 0.05) is 13.1 Å². The Morgan fingerprint density at radius 1 is 1.44 bits per heavy atom. The van der Waals surface area contributed by atoms with E-state index in [2.05, 4.69) is 17.6 Å². The minimum absolute atomic E-state index is 0.550. The van der Waals surface area contributed by atoms with E-state index in [1.165, 1.54) is 5.56 Å². The van der Waals surface area contributed by atoms with Crippen molar-refractivity contribution >= 4 is 6.09 Å². The van der Waals surface area contributed by atoms with Crippen LogP contribution in [0.25, 0.3) is 0 Å². The molecule has 1 heterocycles. The van der Waals surface area contributed by atoms with Gasteiger partial charge in [-0.25, -0.2) is 9.80 Å². The first-order chi connectivity index (χ1) is 7.74. The Morgan fingerprint density at radius 2 is 2.19 bits per heavy atom. The van der Waals surface area contributed by atoms with Crippen molar-refractivity contribution in [3.8, 4) is 0 Å². The van der Waals surface area contributed by atoms with Crippen molar-refractivity contribution in [3.63, 3.8) is 0 Å². The summed E-state index contributed by atoms with van der Waals surface area (Å²) < 4.78 is 0. The number of amides is 1. The Kier molecular flexibility index (Phi) is 3.41. The Balaban J connectivity index is 1.83. The van der Waals surface area contributed by atoms with Gasteiger partial charge >= 0.3 is 6.09 Å². The van der Waals surface area contributed by atoms with Crippen molar-refractivity contribution < 1.29 is 9.90 Å². The van der Waals surface area contributed by atoms with Crippen LogP contribution in [0.2, 0.25) is 0 Å². The number of carbonyl (C=O) groups is 1. The van der Waals surface area contributed by atoms with Crippen LogP contribution < -0.4 is 5.43 Å². The van der Waals surface area contributed by atoms with Crippen LogP contribution in [-0.2, 0) is 6.42 Å². The van der Waals surface area contributed by atoms with Gasteiger partial charge in [0.05, 0.1) is 0 Å². The number of nitrogens with zero attached hydrogens (tertiary/aromatic N) is 1. The number of nitrogens with one attached hydrogen (secondary N) is 1. The molecule has 2 N–H and O–H groups in total. The molecule has 4 nitrogen and oxygen atoms in total. The monoisotopic (exact) mass is 220 g/mol. The fourth-order valence-corrected chi connectivity index (χ4v) is 2.18. The lowest BCUT2D eigenvalue weighted by molar-refractivity contribution is 0.151. The van der Waals surface area contributed by atoms with Gasteiger partial charge in [-0.3, -0.25) is 5.43 Å². The molecular formula is C12H16N2O2. The van der Waals surface area contributed by atoms with Crippen LogP contribution in [0.5, 0.6) is 0 Å². The fraction of sp³-hybridized carbons (Fsp3) is 0.417. The summed E-state index contributed by atoms with van der Waals surface area (Å²) in [5, 5.41) is 10.4. The SMILES string of the molecule is O=C(O)NN1CCC(Cc2ccccc2)C1. The van der Waals surface area contributed by atoms with Crippen molar-refractivity contribution in [2.75, 3.05) is 13.1 Å². The number of carboxylic acid groups (broad SMARTS) is 1. The average Bonchev–Trinajstić information content (AvgIpc) is 2.66. The third kappa shape index (κ3) is 2.97. The van der Waals surface area contributed by atoms with Gasteiger partial charge in [0.25, 0.3) is 0 Å². The summed E-state index contributed by atoms with van der Waals surface area (Å²) in [4.78, 5) is 10.5. The minimum Gasteiger partial charge on any atom is -0.464 e. The molecule has 1 aliphatic rings. The van der Waals surface area contributed by atoms with Crippen molar-refractivity contribution in [3.05, 3.63) is 35.9 Å². The summed E-state index contributed by atoms with van der Waals surface area (Å²) in [6, 6.07) is 10.3. The standard InChI is InChI=1S/C12H16N2O2/c15-12(16)13-14-7-6-11(9-14)8-10-4-2-1-3-5-10/h1-5,11,13H,6-9H2,(H,15,16). The van der Waals surface area contributed by atoms with E-state index in [1.807, 2.05) is 18.2 Å². The molecule has 1 saturated heterocycles. The molecule has 1 atom stereocenters. The zero-order valence-electron chi connectivity index (χ0n) is 9.10. The first kappa shape index (κ1) is 11.0. The topological polar surface area (TPSA) is 52.6 Å². The summed E-state index contributed by atoms with van der Waals surface area (Å²) in [7, 11) is 0. The summed E-state index contributed by atoms with van der Waals surface area (Å²) in [6.07, 6.45) is 1.11. The van der Waals surface area contributed by atoms with Crippen molar-refractivity contribution in [2.45, 2.75) is 12.8 Å². The quantitative estimate of drug-likeness (QED) is 0.815. The van der Waals surface area contributed by atoms with Crippen LogP contribution in [0.15, 0.2) is 30.3 Å². The van der Waals surface area contributed by atoms with Crippen LogP contribution in [0.4, 0.5) is 4.79 Å². The normalized spacial score (nSPS) is 20.9. The Hall–Kier alpha value is -1.55. The van der Waals surface area contributed by atoms with E-state index in [-0.39, 0.29) is 0 Å². The second kappa shape index (κ2) is 4.99. The molecule has 1 fully saturated rings.